The Labute approximate surface area is 339 Å². The first kappa shape index (κ1) is 43.6. The molecule has 4 atom stereocenters. The van der Waals surface area contributed by atoms with Crippen molar-refractivity contribution in [1.82, 2.24) is 28.9 Å². The highest BCUT2D eigenvalue weighted by atomic mass is 28.3. The third kappa shape index (κ3) is 9.90. The minimum Gasteiger partial charge on any atom is -0.465 e. The number of benzene rings is 2. The summed E-state index contributed by atoms with van der Waals surface area (Å²) in [6, 6.07) is 6.19. The lowest BCUT2D eigenvalue weighted by atomic mass is 9.98. The number of nitrogens with zero attached hydrogens (tertiary/aromatic N) is 6. The van der Waals surface area contributed by atoms with E-state index in [0.29, 0.717) is 85.7 Å². The molecule has 4 heterocycles. The molecular formula is C40H58F2N6O8Si2. The lowest BCUT2D eigenvalue weighted by Gasteiger charge is -2.22. The minimum absolute atomic E-state index is 0.0509. The molecule has 318 valence electrons. The maximum Gasteiger partial charge on any atom is 0.407 e. The van der Waals surface area contributed by atoms with E-state index in [0.717, 1.165) is 12.1 Å². The monoisotopic (exact) mass is 844 g/mol. The lowest BCUT2D eigenvalue weighted by molar-refractivity contribution is 0.0831. The number of carbonyl (C=O) groups is 2. The molecule has 2 amide bonds. The molecule has 2 aliphatic heterocycles. The van der Waals surface area contributed by atoms with Gasteiger partial charge in [0.1, 0.15) is 36.7 Å². The summed E-state index contributed by atoms with van der Waals surface area (Å²) in [7, 11) is -2.79. The topological polar surface area (TPSA) is 176 Å². The molecule has 0 bridgehead atoms. The van der Waals surface area contributed by atoms with Gasteiger partial charge in [-0.15, -0.1) is 0 Å². The summed E-state index contributed by atoms with van der Waals surface area (Å²) in [5.74, 6) is -0.512. The van der Waals surface area contributed by atoms with Crippen molar-refractivity contribution in [2.75, 3.05) is 26.3 Å². The fourth-order valence-electron chi connectivity index (χ4n) is 7.87. The van der Waals surface area contributed by atoms with Gasteiger partial charge >= 0.3 is 12.2 Å². The van der Waals surface area contributed by atoms with Crippen LogP contribution >= 0.6 is 0 Å². The number of aliphatic hydroxyl groups is 2. The number of amides is 2. The standard InChI is InChI=1S/C40H58F2N6O8Si2/c1-57(2,3)17-15-55-23-47-33-21-27(41)25(19-29(33)43-37(47)31-9-7-13-45(31)39(51)52)35(49)11-12-36(50)26-20-30-34(22-28(26)42)48(24-56-16-18-58(4,5)6)38(44-30)32-10-8-14-46(32)40(53)54/h19-22,31-32,35-36,49-50H,7-18,23-24H2,1-6H3,(H,51,52)(H,53,54)/t31-,32-,35-,36-/m0/s1. The number of aliphatic hydroxyl groups excluding tert-OH is 2. The second-order valence-corrected chi connectivity index (χ2v) is 29.3. The van der Waals surface area contributed by atoms with Crippen LogP contribution in [0, 0.1) is 11.6 Å². The molecule has 58 heavy (non-hydrogen) atoms. The van der Waals surface area contributed by atoms with Crippen LogP contribution in [0.25, 0.3) is 22.1 Å². The molecule has 2 fully saturated rings. The first-order chi connectivity index (χ1) is 27.3. The second kappa shape index (κ2) is 17.7. The van der Waals surface area contributed by atoms with Crippen LogP contribution in [0.15, 0.2) is 24.3 Å². The molecule has 6 rings (SSSR count). The van der Waals surface area contributed by atoms with Crippen molar-refractivity contribution in [1.29, 1.82) is 0 Å². The molecule has 2 aromatic heterocycles. The number of ether oxygens (including phenoxy) is 2. The molecule has 0 saturated carbocycles. The number of carboxylic acid groups (broad SMARTS) is 2. The Morgan fingerprint density at radius 1 is 0.707 bits per heavy atom. The molecule has 4 N–H and O–H groups in total. The van der Waals surface area contributed by atoms with E-state index in [2.05, 4.69) is 39.3 Å². The van der Waals surface area contributed by atoms with E-state index in [4.69, 9.17) is 19.4 Å². The lowest BCUT2D eigenvalue weighted by Crippen LogP contribution is -2.30. The summed E-state index contributed by atoms with van der Waals surface area (Å²) >= 11 is 0. The van der Waals surface area contributed by atoms with Crippen LogP contribution in [0.4, 0.5) is 18.4 Å². The second-order valence-electron chi connectivity index (χ2n) is 18.1. The van der Waals surface area contributed by atoms with E-state index in [1.165, 1.54) is 34.1 Å². The summed E-state index contributed by atoms with van der Waals surface area (Å²) < 4.78 is 47.2. The smallest absolute Gasteiger partial charge is 0.407 e. The van der Waals surface area contributed by atoms with Gasteiger partial charge < -0.3 is 39.0 Å². The zero-order valence-corrected chi connectivity index (χ0v) is 36.4. The Morgan fingerprint density at radius 3 is 1.43 bits per heavy atom. The summed E-state index contributed by atoms with van der Waals surface area (Å²) in [4.78, 5) is 36.3. The zero-order valence-electron chi connectivity index (χ0n) is 34.4. The Bertz CT molecular complexity index is 1970. The molecule has 14 nitrogen and oxygen atoms in total. The third-order valence-corrected chi connectivity index (χ3v) is 14.7. The zero-order chi connectivity index (χ0) is 42.1. The Hall–Kier alpha value is -3.95. The fourth-order valence-corrected chi connectivity index (χ4v) is 9.39. The highest BCUT2D eigenvalue weighted by Crippen LogP contribution is 2.38. The van der Waals surface area contributed by atoms with E-state index in [1.807, 2.05) is 0 Å². The van der Waals surface area contributed by atoms with Crippen molar-refractivity contribution < 1.29 is 48.3 Å². The quantitative estimate of drug-likeness (QED) is 0.0596. The first-order valence-electron chi connectivity index (χ1n) is 20.2. The summed E-state index contributed by atoms with van der Waals surface area (Å²) in [6.07, 6.45) is -2.70. The van der Waals surface area contributed by atoms with Crippen LogP contribution in [0.5, 0.6) is 0 Å². The number of fused-ring (bicyclic) bond motifs is 2. The van der Waals surface area contributed by atoms with Gasteiger partial charge in [-0.1, -0.05) is 39.3 Å². The van der Waals surface area contributed by atoms with Crippen LogP contribution in [0.1, 0.15) is 85.6 Å². The normalized spacial score (nSPS) is 18.9. The molecule has 0 radical (unpaired) electrons. The van der Waals surface area contributed by atoms with Gasteiger partial charge in [0.25, 0.3) is 0 Å². The summed E-state index contributed by atoms with van der Waals surface area (Å²) in [5, 5.41) is 42.3. The molecule has 0 spiro atoms. The molecular weight excluding hydrogens is 787 g/mol. The summed E-state index contributed by atoms with van der Waals surface area (Å²) in [6.45, 7) is 15.3. The predicted molar refractivity (Wildman–Crippen MR) is 220 cm³/mol. The van der Waals surface area contributed by atoms with Crippen molar-refractivity contribution >= 4 is 50.4 Å². The van der Waals surface area contributed by atoms with Crippen LogP contribution < -0.4 is 0 Å². The number of hydrogen-bond donors (Lipinski definition) is 4. The Kier molecular flexibility index (Phi) is 13.3. The van der Waals surface area contributed by atoms with Gasteiger partial charge in [0, 0.05) is 65.7 Å². The van der Waals surface area contributed by atoms with Crippen LogP contribution in [-0.2, 0) is 22.9 Å². The van der Waals surface area contributed by atoms with E-state index in [1.54, 1.807) is 9.13 Å². The van der Waals surface area contributed by atoms with E-state index < -0.39 is 64.3 Å². The van der Waals surface area contributed by atoms with Gasteiger partial charge in [0.05, 0.1) is 46.4 Å². The van der Waals surface area contributed by atoms with Gasteiger partial charge in [-0.2, -0.15) is 0 Å². The average molecular weight is 845 g/mol. The molecule has 0 aliphatic carbocycles. The van der Waals surface area contributed by atoms with Crippen LogP contribution in [-0.4, -0.2) is 104 Å². The highest BCUT2D eigenvalue weighted by molar-refractivity contribution is 6.76. The number of rotatable bonds is 17. The minimum atomic E-state index is -1.39. The first-order valence-corrected chi connectivity index (χ1v) is 27.6. The van der Waals surface area contributed by atoms with Crippen LogP contribution in [0.2, 0.25) is 51.4 Å². The van der Waals surface area contributed by atoms with Gasteiger partial charge in [0.15, 0.2) is 0 Å². The largest absolute Gasteiger partial charge is 0.465 e. The highest BCUT2D eigenvalue weighted by Gasteiger charge is 2.36. The van der Waals surface area contributed by atoms with Crippen molar-refractivity contribution in [3.8, 4) is 0 Å². The number of likely N-dealkylation sites (tertiary alicyclic amines) is 2. The molecule has 2 aliphatic rings. The number of hydrogen-bond acceptors (Lipinski definition) is 8. The average Bonchev–Trinajstić information content (AvgIpc) is 3.94. The SMILES string of the molecule is C[Si](C)(C)CCOCn1c([C@@H]2CCCN2C(=O)O)nc2cc([C@@H](O)CC[C@H](O)c3cc4nc([C@@H]5CCCN5C(=O)O)n(COCC[Si](C)(C)C)c4cc3F)c(F)cc21. The Morgan fingerprint density at radius 2 is 1.09 bits per heavy atom. The van der Waals surface area contributed by atoms with Gasteiger partial charge in [-0.3, -0.25) is 9.80 Å². The van der Waals surface area contributed by atoms with Gasteiger partial charge in [-0.25, -0.2) is 28.3 Å². The van der Waals surface area contributed by atoms with Crippen LogP contribution in [0.3, 0.4) is 0 Å². The van der Waals surface area contributed by atoms with Gasteiger partial charge in [0.2, 0.25) is 0 Å². The van der Waals surface area contributed by atoms with Gasteiger partial charge in [-0.05, 0) is 62.7 Å². The van der Waals surface area contributed by atoms with E-state index in [9.17, 15) is 30.0 Å². The Balaban J connectivity index is 1.23. The number of halogens is 2. The maximum absolute atomic E-state index is 15.9. The molecule has 2 saturated heterocycles. The van der Waals surface area contributed by atoms with Crippen molar-refractivity contribution in [2.45, 2.75) is 128 Å². The maximum atomic E-state index is 15.9. The van der Waals surface area contributed by atoms with E-state index >= 15 is 8.78 Å². The fraction of sp³-hybridized carbons (Fsp3) is 0.600. The third-order valence-electron chi connectivity index (χ3n) is 11.3. The van der Waals surface area contributed by atoms with E-state index in [-0.39, 0.29) is 37.4 Å². The molecule has 0 unspecified atom stereocenters. The number of aromatic nitrogens is 4. The van der Waals surface area contributed by atoms with Crippen molar-refractivity contribution in [2.24, 2.45) is 0 Å². The molecule has 18 heteroatoms. The summed E-state index contributed by atoms with van der Waals surface area (Å²) in [5.41, 5.74) is 1.46. The van der Waals surface area contributed by atoms with Crippen molar-refractivity contribution in [3.63, 3.8) is 0 Å². The number of imidazole rings is 2. The molecule has 2 aromatic carbocycles. The molecule has 4 aromatic rings. The predicted octanol–water partition coefficient (Wildman–Crippen LogP) is 8.47. The van der Waals surface area contributed by atoms with Crippen molar-refractivity contribution in [3.05, 3.63) is 58.7 Å².